The molecule has 2 aromatic heterocycles. The number of carbonyl (C=O) groups is 1. The molecule has 0 spiro atoms. The molecule has 1 amide bonds. The minimum absolute atomic E-state index is 0.363. The van der Waals surface area contributed by atoms with Crippen molar-refractivity contribution in [1.82, 2.24) is 20.6 Å². The quantitative estimate of drug-likeness (QED) is 0.604. The lowest BCUT2D eigenvalue weighted by Crippen LogP contribution is -2.29. The SMILES string of the molecule is O=C(NNc1ccc(F)nc1)c1ccnnc1. The van der Waals surface area contributed by atoms with Crippen LogP contribution in [0.5, 0.6) is 0 Å². The van der Waals surface area contributed by atoms with Gasteiger partial charge in [-0.05, 0) is 18.2 Å². The summed E-state index contributed by atoms with van der Waals surface area (Å²) in [7, 11) is 0. The van der Waals surface area contributed by atoms with Crippen LogP contribution in [0.1, 0.15) is 10.4 Å². The number of halogens is 1. The number of hydrazine groups is 1. The second kappa shape index (κ2) is 4.97. The normalized spacial score (nSPS) is 9.71. The standard InChI is InChI=1S/C10H8FN5O/c11-9-2-1-8(6-12-9)15-16-10(17)7-3-4-13-14-5-7/h1-6,15H,(H,16,17). The number of hydrogen-bond donors (Lipinski definition) is 2. The van der Waals surface area contributed by atoms with Crippen LogP contribution in [-0.4, -0.2) is 21.1 Å². The Morgan fingerprint density at radius 3 is 2.71 bits per heavy atom. The zero-order valence-corrected chi connectivity index (χ0v) is 8.59. The highest BCUT2D eigenvalue weighted by atomic mass is 19.1. The largest absolute Gasteiger partial charge is 0.297 e. The number of amides is 1. The zero-order valence-electron chi connectivity index (χ0n) is 8.59. The van der Waals surface area contributed by atoms with Gasteiger partial charge in [0.25, 0.3) is 5.91 Å². The van der Waals surface area contributed by atoms with Crippen LogP contribution in [0.3, 0.4) is 0 Å². The van der Waals surface area contributed by atoms with E-state index in [1.807, 2.05) is 0 Å². The van der Waals surface area contributed by atoms with E-state index in [-0.39, 0.29) is 5.91 Å². The van der Waals surface area contributed by atoms with Gasteiger partial charge in [-0.2, -0.15) is 14.6 Å². The monoisotopic (exact) mass is 233 g/mol. The molecule has 0 atom stereocenters. The summed E-state index contributed by atoms with van der Waals surface area (Å²) in [5, 5.41) is 7.13. The van der Waals surface area contributed by atoms with E-state index in [1.165, 1.54) is 36.8 Å². The fourth-order valence-corrected chi connectivity index (χ4v) is 1.08. The van der Waals surface area contributed by atoms with E-state index in [0.717, 1.165) is 0 Å². The van der Waals surface area contributed by atoms with E-state index in [2.05, 4.69) is 26.0 Å². The predicted molar refractivity (Wildman–Crippen MR) is 57.3 cm³/mol. The van der Waals surface area contributed by atoms with Gasteiger partial charge in [-0.15, -0.1) is 0 Å². The maximum atomic E-state index is 12.5. The lowest BCUT2D eigenvalue weighted by atomic mass is 10.3. The van der Waals surface area contributed by atoms with Gasteiger partial charge in [0.05, 0.1) is 29.8 Å². The van der Waals surface area contributed by atoms with Crippen molar-refractivity contribution in [2.45, 2.75) is 0 Å². The number of nitrogens with one attached hydrogen (secondary N) is 2. The van der Waals surface area contributed by atoms with Gasteiger partial charge in [-0.1, -0.05) is 0 Å². The number of pyridine rings is 1. The molecule has 0 fully saturated rings. The van der Waals surface area contributed by atoms with Crippen LogP contribution in [0.2, 0.25) is 0 Å². The highest BCUT2D eigenvalue weighted by molar-refractivity contribution is 5.94. The summed E-state index contributed by atoms with van der Waals surface area (Å²) in [6.07, 6.45) is 4.01. The molecule has 0 aliphatic heterocycles. The summed E-state index contributed by atoms with van der Waals surface area (Å²) in [5.74, 6) is -0.954. The Morgan fingerprint density at radius 2 is 2.06 bits per heavy atom. The van der Waals surface area contributed by atoms with Crippen LogP contribution in [0.25, 0.3) is 0 Å². The van der Waals surface area contributed by atoms with Gasteiger partial charge in [-0.25, -0.2) is 4.98 Å². The second-order valence-corrected chi connectivity index (χ2v) is 3.08. The molecule has 2 heterocycles. The lowest BCUT2D eigenvalue weighted by molar-refractivity contribution is 0.0962. The Hall–Kier alpha value is -2.57. The van der Waals surface area contributed by atoms with Crippen molar-refractivity contribution >= 4 is 11.6 Å². The molecule has 86 valence electrons. The summed E-state index contributed by atoms with van der Waals surface area (Å²) in [4.78, 5) is 15.0. The molecule has 7 heteroatoms. The van der Waals surface area contributed by atoms with Crippen LogP contribution in [0.15, 0.2) is 36.8 Å². The number of aromatic nitrogens is 3. The van der Waals surface area contributed by atoms with Gasteiger partial charge < -0.3 is 0 Å². The Labute approximate surface area is 95.9 Å². The summed E-state index contributed by atoms with van der Waals surface area (Å²) in [5.41, 5.74) is 5.85. The van der Waals surface area contributed by atoms with Crippen molar-refractivity contribution < 1.29 is 9.18 Å². The van der Waals surface area contributed by atoms with E-state index in [0.29, 0.717) is 11.3 Å². The van der Waals surface area contributed by atoms with E-state index >= 15 is 0 Å². The molecule has 0 saturated carbocycles. The highest BCUT2D eigenvalue weighted by Gasteiger charge is 2.04. The third kappa shape index (κ3) is 2.94. The zero-order chi connectivity index (χ0) is 12.1. The van der Waals surface area contributed by atoms with Crippen LogP contribution < -0.4 is 10.9 Å². The van der Waals surface area contributed by atoms with E-state index in [9.17, 15) is 9.18 Å². The first-order valence-corrected chi connectivity index (χ1v) is 4.70. The first-order valence-electron chi connectivity index (χ1n) is 4.70. The Bertz CT molecular complexity index is 502. The third-order valence-corrected chi connectivity index (χ3v) is 1.89. The molecule has 0 aliphatic rings. The number of carbonyl (C=O) groups excluding carboxylic acids is 1. The number of rotatable bonds is 3. The summed E-state index contributed by atoms with van der Waals surface area (Å²) in [6, 6.07) is 4.16. The average Bonchev–Trinajstić information content (AvgIpc) is 2.39. The first-order chi connectivity index (χ1) is 8.25. The van der Waals surface area contributed by atoms with Crippen molar-refractivity contribution in [2.75, 3.05) is 5.43 Å². The highest BCUT2D eigenvalue weighted by Crippen LogP contribution is 2.03. The molecule has 17 heavy (non-hydrogen) atoms. The molecule has 0 bridgehead atoms. The topological polar surface area (TPSA) is 79.8 Å². The molecule has 2 rings (SSSR count). The summed E-state index contributed by atoms with van der Waals surface area (Å²) < 4.78 is 12.5. The van der Waals surface area contributed by atoms with E-state index in [1.54, 1.807) is 0 Å². The lowest BCUT2D eigenvalue weighted by Gasteiger charge is -2.07. The van der Waals surface area contributed by atoms with Crippen molar-refractivity contribution in [3.8, 4) is 0 Å². The third-order valence-electron chi connectivity index (χ3n) is 1.89. The van der Waals surface area contributed by atoms with Gasteiger partial charge in [0.1, 0.15) is 0 Å². The molecule has 0 saturated heterocycles. The number of hydrogen-bond acceptors (Lipinski definition) is 5. The van der Waals surface area contributed by atoms with E-state index < -0.39 is 5.95 Å². The van der Waals surface area contributed by atoms with E-state index in [4.69, 9.17) is 0 Å². The average molecular weight is 233 g/mol. The Balaban J connectivity index is 1.95. The van der Waals surface area contributed by atoms with Crippen molar-refractivity contribution in [2.24, 2.45) is 0 Å². The molecular formula is C10H8FN5O. The van der Waals surface area contributed by atoms with Crippen molar-refractivity contribution in [1.29, 1.82) is 0 Å². The summed E-state index contributed by atoms with van der Waals surface area (Å²) in [6.45, 7) is 0. The van der Waals surface area contributed by atoms with Gasteiger partial charge >= 0.3 is 0 Å². The molecule has 6 nitrogen and oxygen atoms in total. The van der Waals surface area contributed by atoms with Gasteiger partial charge in [0.2, 0.25) is 5.95 Å². The van der Waals surface area contributed by atoms with Crippen molar-refractivity contribution in [3.05, 3.63) is 48.3 Å². The van der Waals surface area contributed by atoms with Crippen LogP contribution in [0.4, 0.5) is 10.1 Å². The van der Waals surface area contributed by atoms with Crippen LogP contribution >= 0.6 is 0 Å². The second-order valence-electron chi connectivity index (χ2n) is 3.08. The minimum atomic E-state index is -0.583. The first kappa shape index (κ1) is 10.9. The smallest absolute Gasteiger partial charge is 0.271 e. The number of nitrogens with zero attached hydrogens (tertiary/aromatic N) is 3. The van der Waals surface area contributed by atoms with Gasteiger partial charge in [0.15, 0.2) is 0 Å². The maximum Gasteiger partial charge on any atom is 0.271 e. The fourth-order valence-electron chi connectivity index (χ4n) is 1.08. The Morgan fingerprint density at radius 1 is 1.18 bits per heavy atom. The molecule has 0 aromatic carbocycles. The molecule has 0 aliphatic carbocycles. The maximum absolute atomic E-state index is 12.5. The predicted octanol–water partition coefficient (Wildman–Crippen LogP) is 0.768. The minimum Gasteiger partial charge on any atom is -0.297 e. The van der Waals surface area contributed by atoms with Gasteiger partial charge in [0, 0.05) is 0 Å². The Kier molecular flexibility index (Phi) is 3.20. The molecule has 0 radical (unpaired) electrons. The molecule has 2 N–H and O–H groups in total. The van der Waals surface area contributed by atoms with Crippen molar-refractivity contribution in [3.63, 3.8) is 0 Å². The molecule has 0 unspecified atom stereocenters. The molecule has 2 aromatic rings. The number of anilines is 1. The van der Waals surface area contributed by atoms with Crippen LogP contribution in [-0.2, 0) is 0 Å². The van der Waals surface area contributed by atoms with Crippen LogP contribution in [0, 0.1) is 5.95 Å². The fraction of sp³-hybridized carbons (Fsp3) is 0. The molecular weight excluding hydrogens is 225 g/mol. The van der Waals surface area contributed by atoms with Gasteiger partial charge in [-0.3, -0.25) is 15.6 Å². The summed E-state index contributed by atoms with van der Waals surface area (Å²) >= 11 is 0.